The number of ether oxygens (including phenoxy) is 1. The second-order valence-corrected chi connectivity index (χ2v) is 7.58. The number of benzene rings is 1. The summed E-state index contributed by atoms with van der Waals surface area (Å²) >= 11 is 1.63. The summed E-state index contributed by atoms with van der Waals surface area (Å²) in [7, 11) is 0. The number of hydrogen-bond acceptors (Lipinski definition) is 7. The molecule has 1 aliphatic rings. The topological polar surface area (TPSA) is 87.1 Å². The van der Waals surface area contributed by atoms with Gasteiger partial charge in [-0.2, -0.15) is 4.98 Å². The van der Waals surface area contributed by atoms with Gasteiger partial charge in [-0.15, -0.1) is 11.3 Å². The van der Waals surface area contributed by atoms with Crippen LogP contribution in [0.25, 0.3) is 12.2 Å². The third-order valence-electron chi connectivity index (χ3n) is 4.48. The van der Waals surface area contributed by atoms with Crippen LogP contribution in [0, 0.1) is 6.92 Å². The Hall–Kier alpha value is -2.51. The quantitative estimate of drug-likeness (QED) is 0.709. The van der Waals surface area contributed by atoms with E-state index in [1.54, 1.807) is 17.4 Å². The monoisotopic (exact) mass is 368 g/mol. The zero-order chi connectivity index (χ0) is 18.0. The zero-order valence-corrected chi connectivity index (χ0v) is 15.3. The molecule has 4 rings (SSSR count). The molecular weight excluding hydrogens is 348 g/mol. The Bertz CT molecular complexity index is 910. The van der Waals surface area contributed by atoms with Gasteiger partial charge in [-0.1, -0.05) is 17.3 Å². The fourth-order valence-corrected chi connectivity index (χ4v) is 3.36. The second-order valence-electron chi connectivity index (χ2n) is 6.51. The number of thiazole rings is 1. The molecular formula is C19H20N4O2S. The van der Waals surface area contributed by atoms with Crippen LogP contribution in [-0.4, -0.2) is 15.1 Å². The first-order valence-corrected chi connectivity index (χ1v) is 9.44. The number of nitrogens with zero attached hydrogens (tertiary/aromatic N) is 3. The van der Waals surface area contributed by atoms with Crippen LogP contribution in [-0.2, 0) is 12.1 Å². The highest BCUT2D eigenvalue weighted by molar-refractivity contribution is 7.09. The van der Waals surface area contributed by atoms with E-state index in [-0.39, 0.29) is 0 Å². The van der Waals surface area contributed by atoms with Crippen molar-refractivity contribution in [1.29, 1.82) is 0 Å². The van der Waals surface area contributed by atoms with Gasteiger partial charge in [-0.25, -0.2) is 4.98 Å². The van der Waals surface area contributed by atoms with Crippen molar-refractivity contribution in [3.63, 3.8) is 0 Å². The van der Waals surface area contributed by atoms with E-state index in [9.17, 15) is 0 Å². The van der Waals surface area contributed by atoms with E-state index in [0.717, 1.165) is 41.3 Å². The van der Waals surface area contributed by atoms with E-state index in [4.69, 9.17) is 15.0 Å². The van der Waals surface area contributed by atoms with Crippen LogP contribution in [0.2, 0.25) is 0 Å². The van der Waals surface area contributed by atoms with Gasteiger partial charge < -0.3 is 15.0 Å². The minimum atomic E-state index is -0.398. The average Bonchev–Trinajstić information content (AvgIpc) is 3.26. The molecule has 3 aromatic rings. The lowest BCUT2D eigenvalue weighted by Crippen LogP contribution is -2.44. The van der Waals surface area contributed by atoms with Gasteiger partial charge in [-0.3, -0.25) is 0 Å². The van der Waals surface area contributed by atoms with Gasteiger partial charge in [0, 0.05) is 11.5 Å². The summed E-state index contributed by atoms with van der Waals surface area (Å²) in [4.78, 5) is 8.77. The van der Waals surface area contributed by atoms with Crippen LogP contribution in [0.4, 0.5) is 0 Å². The highest BCUT2D eigenvalue weighted by Gasteiger charge is 2.38. The van der Waals surface area contributed by atoms with E-state index in [1.807, 2.05) is 42.6 Å². The molecule has 0 radical (unpaired) electrons. The smallest absolute Gasteiger partial charge is 0.250 e. The van der Waals surface area contributed by atoms with E-state index < -0.39 is 5.54 Å². The molecule has 2 heterocycles. The van der Waals surface area contributed by atoms with E-state index in [2.05, 4.69) is 15.1 Å². The van der Waals surface area contributed by atoms with Crippen LogP contribution in [0.5, 0.6) is 5.75 Å². The maximum absolute atomic E-state index is 6.21. The Kier molecular flexibility index (Phi) is 4.57. The minimum Gasteiger partial charge on any atom is -0.487 e. The molecule has 0 unspecified atom stereocenters. The normalized spacial score (nSPS) is 15.9. The molecule has 0 bridgehead atoms. The maximum Gasteiger partial charge on any atom is 0.250 e. The van der Waals surface area contributed by atoms with Crippen molar-refractivity contribution >= 4 is 23.5 Å². The average molecular weight is 368 g/mol. The molecule has 2 aromatic heterocycles. The van der Waals surface area contributed by atoms with E-state index in [0.29, 0.717) is 18.3 Å². The van der Waals surface area contributed by atoms with Gasteiger partial charge in [0.25, 0.3) is 5.89 Å². The minimum absolute atomic E-state index is 0.398. The van der Waals surface area contributed by atoms with Gasteiger partial charge in [0.15, 0.2) is 5.82 Å². The zero-order valence-electron chi connectivity index (χ0n) is 14.5. The molecule has 1 aliphatic carbocycles. The number of aromatic nitrogens is 3. The Morgan fingerprint density at radius 2 is 2.04 bits per heavy atom. The fraction of sp³-hybridized carbons (Fsp3) is 0.316. The van der Waals surface area contributed by atoms with Crippen LogP contribution in [0.1, 0.15) is 47.2 Å². The van der Waals surface area contributed by atoms with Crippen molar-refractivity contribution in [2.75, 3.05) is 0 Å². The third kappa shape index (κ3) is 3.68. The Morgan fingerprint density at radius 1 is 1.23 bits per heavy atom. The summed E-state index contributed by atoms with van der Waals surface area (Å²) in [6.07, 6.45) is 6.67. The summed E-state index contributed by atoms with van der Waals surface area (Å²) in [5.74, 6) is 1.88. The number of nitrogens with two attached hydrogens (primary N) is 1. The molecule has 0 amide bonds. The lowest BCUT2D eigenvalue weighted by Gasteiger charge is -2.34. The van der Waals surface area contributed by atoms with Gasteiger partial charge >= 0.3 is 0 Å². The number of hydrogen-bond donors (Lipinski definition) is 1. The molecule has 6 nitrogen and oxygen atoms in total. The Morgan fingerprint density at radius 3 is 2.69 bits per heavy atom. The molecule has 7 heteroatoms. The molecule has 1 saturated carbocycles. The molecule has 0 saturated heterocycles. The Balaban J connectivity index is 1.35. The van der Waals surface area contributed by atoms with Crippen LogP contribution >= 0.6 is 11.3 Å². The standard InChI is InChI=1S/C19H20N4O2S/c1-13-21-15(12-26-13)11-24-16-6-3-14(4-7-16)5-8-17-22-18(23-25-17)19(20)9-2-10-19/h3-8,12H,2,9-11,20H2,1H3/b8-5+. The highest BCUT2D eigenvalue weighted by atomic mass is 32.1. The summed E-state index contributed by atoms with van der Waals surface area (Å²) in [5.41, 5.74) is 7.78. The first kappa shape index (κ1) is 16.9. The highest BCUT2D eigenvalue weighted by Crippen LogP contribution is 2.36. The number of aryl methyl sites for hydroxylation is 1. The van der Waals surface area contributed by atoms with Crippen LogP contribution in [0.3, 0.4) is 0 Å². The molecule has 1 fully saturated rings. The molecule has 0 spiro atoms. The lowest BCUT2D eigenvalue weighted by molar-refractivity contribution is 0.229. The second kappa shape index (κ2) is 7.01. The third-order valence-corrected chi connectivity index (χ3v) is 5.31. The van der Waals surface area contributed by atoms with Crippen molar-refractivity contribution in [1.82, 2.24) is 15.1 Å². The Labute approximate surface area is 155 Å². The van der Waals surface area contributed by atoms with E-state index >= 15 is 0 Å². The van der Waals surface area contributed by atoms with Gasteiger partial charge in [0.05, 0.1) is 16.2 Å². The summed E-state index contributed by atoms with van der Waals surface area (Å²) in [5, 5.41) is 7.07. The van der Waals surface area contributed by atoms with Gasteiger partial charge in [0.1, 0.15) is 12.4 Å². The summed E-state index contributed by atoms with van der Waals surface area (Å²) in [6.45, 7) is 2.46. The largest absolute Gasteiger partial charge is 0.487 e. The van der Waals surface area contributed by atoms with Crippen molar-refractivity contribution in [3.8, 4) is 5.75 Å². The molecule has 26 heavy (non-hydrogen) atoms. The molecule has 0 aliphatic heterocycles. The molecule has 2 N–H and O–H groups in total. The molecule has 0 atom stereocenters. The van der Waals surface area contributed by atoms with Gasteiger partial charge in [-0.05, 0) is 50.0 Å². The van der Waals surface area contributed by atoms with Crippen LogP contribution < -0.4 is 10.5 Å². The summed E-state index contributed by atoms with van der Waals surface area (Å²) in [6, 6.07) is 7.82. The van der Waals surface area contributed by atoms with Crippen LogP contribution in [0.15, 0.2) is 34.2 Å². The summed E-state index contributed by atoms with van der Waals surface area (Å²) < 4.78 is 11.0. The van der Waals surface area contributed by atoms with E-state index in [1.165, 1.54) is 0 Å². The predicted octanol–water partition coefficient (Wildman–Crippen LogP) is 3.92. The lowest BCUT2D eigenvalue weighted by atomic mass is 9.77. The molecule has 134 valence electrons. The predicted molar refractivity (Wildman–Crippen MR) is 101 cm³/mol. The van der Waals surface area contributed by atoms with Crippen molar-refractivity contribution < 1.29 is 9.26 Å². The first-order valence-electron chi connectivity index (χ1n) is 8.56. The molecule has 1 aromatic carbocycles. The first-order chi connectivity index (χ1) is 12.6. The van der Waals surface area contributed by atoms with Crippen molar-refractivity contribution in [2.24, 2.45) is 5.73 Å². The van der Waals surface area contributed by atoms with Gasteiger partial charge in [0.2, 0.25) is 0 Å². The number of rotatable bonds is 6. The SMILES string of the molecule is Cc1nc(COc2ccc(/C=C/c3nc(C4(N)CCC4)no3)cc2)cs1. The van der Waals surface area contributed by atoms with Crippen molar-refractivity contribution in [3.05, 3.63) is 57.6 Å². The maximum atomic E-state index is 6.21. The van der Waals surface area contributed by atoms with Crippen molar-refractivity contribution in [2.45, 2.75) is 38.3 Å². The fourth-order valence-electron chi connectivity index (χ4n) is 2.76.